The first-order chi connectivity index (χ1) is 7.18. The normalized spacial score (nSPS) is 11.1. The summed E-state index contributed by atoms with van der Waals surface area (Å²) in [4.78, 5) is 11.5. The molecule has 80 valence electrons. The Morgan fingerprint density at radius 3 is 2.73 bits per heavy atom. The number of carbonyl (C=O) groups excluding carboxylic acids is 1. The molecule has 0 fully saturated rings. The summed E-state index contributed by atoms with van der Waals surface area (Å²) < 4.78 is 0. The maximum absolute atomic E-state index is 10.4. The van der Waals surface area contributed by atoms with Crippen LogP contribution in [0.1, 0.15) is 6.92 Å². The molecule has 0 aliphatic heterocycles. The highest BCUT2D eigenvalue weighted by Gasteiger charge is 1.96. The summed E-state index contributed by atoms with van der Waals surface area (Å²) in [5.41, 5.74) is 7.90. The van der Waals surface area contributed by atoms with Crippen LogP contribution in [0.5, 0.6) is 0 Å². The van der Waals surface area contributed by atoms with E-state index in [0.717, 1.165) is 11.5 Å². The fourth-order valence-electron chi connectivity index (χ4n) is 0.887. The van der Waals surface area contributed by atoms with E-state index in [2.05, 4.69) is 10.5 Å². The number of thioether (sulfide) groups is 1. The molecule has 1 aromatic carbocycles. The first-order valence-electron chi connectivity index (χ1n) is 4.45. The fourth-order valence-corrected chi connectivity index (χ4v) is 1.68. The first-order valence-corrected chi connectivity index (χ1v) is 5.43. The first kappa shape index (κ1) is 11.6. The van der Waals surface area contributed by atoms with Crippen molar-refractivity contribution in [2.45, 2.75) is 11.8 Å². The van der Waals surface area contributed by atoms with Crippen LogP contribution in [-0.4, -0.2) is 17.5 Å². The highest BCUT2D eigenvalue weighted by atomic mass is 32.2. The monoisotopic (exact) mass is 223 g/mol. The molecule has 0 unspecified atom stereocenters. The summed E-state index contributed by atoms with van der Waals surface area (Å²) in [5, 5.41) is 3.81. The maximum atomic E-state index is 10.4. The molecule has 0 radical (unpaired) electrons. The second-order valence-electron chi connectivity index (χ2n) is 2.92. The molecule has 0 spiro atoms. The predicted molar refractivity (Wildman–Crippen MR) is 63.0 cm³/mol. The number of amides is 2. The molecule has 15 heavy (non-hydrogen) atoms. The van der Waals surface area contributed by atoms with Gasteiger partial charge in [-0.2, -0.15) is 5.10 Å². The molecule has 5 heteroatoms. The van der Waals surface area contributed by atoms with Crippen LogP contribution < -0.4 is 11.2 Å². The number of hydrazone groups is 1. The lowest BCUT2D eigenvalue weighted by atomic mass is 10.4. The average Bonchev–Trinajstić information content (AvgIpc) is 2.25. The molecule has 0 saturated carbocycles. The number of benzene rings is 1. The van der Waals surface area contributed by atoms with Gasteiger partial charge in [0.25, 0.3) is 0 Å². The average molecular weight is 223 g/mol. The van der Waals surface area contributed by atoms with Gasteiger partial charge in [0, 0.05) is 16.4 Å². The second kappa shape index (κ2) is 6.08. The van der Waals surface area contributed by atoms with Crippen molar-refractivity contribution in [1.82, 2.24) is 5.43 Å². The van der Waals surface area contributed by atoms with E-state index in [-0.39, 0.29) is 0 Å². The molecule has 0 bridgehead atoms. The van der Waals surface area contributed by atoms with Crippen LogP contribution in [0.25, 0.3) is 0 Å². The standard InChI is InChI=1S/C10H13N3OS/c1-8(12-13-10(11)14)7-15-9-5-3-2-4-6-9/h2-6H,7H2,1H3,(H3,11,13,14). The number of rotatable bonds is 4. The van der Waals surface area contributed by atoms with Crippen LogP contribution in [0, 0.1) is 0 Å². The van der Waals surface area contributed by atoms with Crippen molar-refractivity contribution in [2.24, 2.45) is 10.8 Å². The Morgan fingerprint density at radius 2 is 2.13 bits per heavy atom. The van der Waals surface area contributed by atoms with Crippen molar-refractivity contribution in [3.05, 3.63) is 30.3 Å². The van der Waals surface area contributed by atoms with Crippen LogP contribution in [0.2, 0.25) is 0 Å². The molecule has 2 amide bonds. The lowest BCUT2D eigenvalue weighted by Crippen LogP contribution is -2.25. The van der Waals surface area contributed by atoms with Gasteiger partial charge < -0.3 is 5.73 Å². The second-order valence-corrected chi connectivity index (χ2v) is 3.97. The molecule has 0 aliphatic rings. The predicted octanol–water partition coefficient (Wildman–Crippen LogP) is 1.82. The molecule has 0 aromatic heterocycles. The van der Waals surface area contributed by atoms with E-state index in [4.69, 9.17) is 5.73 Å². The van der Waals surface area contributed by atoms with Crippen LogP contribution in [0.3, 0.4) is 0 Å². The van der Waals surface area contributed by atoms with Gasteiger partial charge in [-0.15, -0.1) is 11.8 Å². The number of nitrogens with zero attached hydrogens (tertiary/aromatic N) is 1. The van der Waals surface area contributed by atoms with Crippen molar-refractivity contribution in [1.29, 1.82) is 0 Å². The van der Waals surface area contributed by atoms with Gasteiger partial charge in [0.15, 0.2) is 0 Å². The molecule has 0 heterocycles. The van der Waals surface area contributed by atoms with Gasteiger partial charge in [-0.05, 0) is 19.1 Å². The zero-order valence-electron chi connectivity index (χ0n) is 8.43. The highest BCUT2D eigenvalue weighted by molar-refractivity contribution is 8.00. The fraction of sp³-hybridized carbons (Fsp3) is 0.200. The molecule has 0 saturated heterocycles. The zero-order chi connectivity index (χ0) is 11.1. The Morgan fingerprint density at radius 1 is 1.47 bits per heavy atom. The third kappa shape index (κ3) is 5.07. The van der Waals surface area contributed by atoms with Crippen molar-refractivity contribution >= 4 is 23.5 Å². The quantitative estimate of drug-likeness (QED) is 0.464. The Kier molecular flexibility index (Phi) is 4.70. The summed E-state index contributed by atoms with van der Waals surface area (Å²) >= 11 is 1.66. The summed E-state index contributed by atoms with van der Waals surface area (Å²) in [6.07, 6.45) is 0. The van der Waals surface area contributed by atoms with Crippen molar-refractivity contribution in [3.63, 3.8) is 0 Å². The van der Waals surface area contributed by atoms with Gasteiger partial charge in [-0.3, -0.25) is 0 Å². The maximum Gasteiger partial charge on any atom is 0.332 e. The number of urea groups is 1. The van der Waals surface area contributed by atoms with Gasteiger partial charge in [-0.25, -0.2) is 10.2 Å². The zero-order valence-corrected chi connectivity index (χ0v) is 9.25. The minimum atomic E-state index is -0.640. The number of nitrogens with two attached hydrogens (primary N) is 1. The van der Waals surface area contributed by atoms with Gasteiger partial charge in [0.1, 0.15) is 0 Å². The van der Waals surface area contributed by atoms with E-state index in [1.165, 1.54) is 4.90 Å². The van der Waals surface area contributed by atoms with Gasteiger partial charge >= 0.3 is 6.03 Å². The summed E-state index contributed by atoms with van der Waals surface area (Å²) in [6.45, 7) is 1.84. The van der Waals surface area contributed by atoms with Crippen molar-refractivity contribution in [2.75, 3.05) is 5.75 Å². The topological polar surface area (TPSA) is 67.5 Å². The van der Waals surface area contributed by atoms with E-state index >= 15 is 0 Å². The van der Waals surface area contributed by atoms with E-state index in [0.29, 0.717) is 0 Å². The minimum Gasteiger partial charge on any atom is -0.350 e. The SMILES string of the molecule is CC(CSc1ccccc1)=NNC(N)=O. The minimum absolute atomic E-state index is 0.640. The van der Waals surface area contributed by atoms with Gasteiger partial charge in [0.05, 0.1) is 0 Å². The number of primary amides is 1. The third-order valence-corrected chi connectivity index (χ3v) is 2.72. The van der Waals surface area contributed by atoms with Crippen LogP contribution in [-0.2, 0) is 0 Å². The summed E-state index contributed by atoms with van der Waals surface area (Å²) in [7, 11) is 0. The molecule has 1 aromatic rings. The van der Waals surface area contributed by atoms with E-state index in [1.807, 2.05) is 37.3 Å². The van der Waals surface area contributed by atoms with E-state index in [9.17, 15) is 4.79 Å². The molecule has 0 atom stereocenters. The van der Waals surface area contributed by atoms with Gasteiger partial charge in [0.2, 0.25) is 0 Å². The Bertz CT molecular complexity index is 351. The van der Waals surface area contributed by atoms with Crippen LogP contribution in [0.15, 0.2) is 40.3 Å². The van der Waals surface area contributed by atoms with Crippen molar-refractivity contribution < 1.29 is 4.79 Å². The van der Waals surface area contributed by atoms with E-state index in [1.54, 1.807) is 11.8 Å². The van der Waals surface area contributed by atoms with Crippen LogP contribution in [0.4, 0.5) is 4.79 Å². The number of nitrogens with one attached hydrogen (secondary N) is 1. The largest absolute Gasteiger partial charge is 0.350 e. The molecular weight excluding hydrogens is 210 g/mol. The van der Waals surface area contributed by atoms with Crippen LogP contribution >= 0.6 is 11.8 Å². The van der Waals surface area contributed by atoms with Gasteiger partial charge in [-0.1, -0.05) is 18.2 Å². The lowest BCUT2D eigenvalue weighted by molar-refractivity contribution is 0.249. The summed E-state index contributed by atoms with van der Waals surface area (Å²) in [6, 6.07) is 9.35. The molecule has 0 aliphatic carbocycles. The Balaban J connectivity index is 2.37. The number of carbonyl (C=O) groups is 1. The number of hydrogen-bond donors (Lipinski definition) is 2. The molecule has 1 rings (SSSR count). The smallest absolute Gasteiger partial charge is 0.332 e. The third-order valence-electron chi connectivity index (χ3n) is 1.55. The number of hydrogen-bond acceptors (Lipinski definition) is 3. The lowest BCUT2D eigenvalue weighted by Gasteiger charge is -2.01. The van der Waals surface area contributed by atoms with Crippen molar-refractivity contribution in [3.8, 4) is 0 Å². The van der Waals surface area contributed by atoms with E-state index < -0.39 is 6.03 Å². The molecule has 4 nitrogen and oxygen atoms in total. The Hall–Kier alpha value is -1.49. The Labute approximate surface area is 92.9 Å². The molecular formula is C10H13N3OS. The highest BCUT2D eigenvalue weighted by Crippen LogP contribution is 2.16. The molecule has 3 N–H and O–H groups in total. The summed E-state index contributed by atoms with van der Waals surface area (Å²) in [5.74, 6) is 0.726.